The zero-order valence-electron chi connectivity index (χ0n) is 12.1. The molecule has 3 heteroatoms. The van der Waals surface area contributed by atoms with Crippen LogP contribution in [0.15, 0.2) is 18.3 Å². The van der Waals surface area contributed by atoms with Crippen LogP contribution in [0, 0.1) is 6.92 Å². The Bertz CT molecular complexity index is 403. The molecule has 0 aliphatic carbocycles. The predicted molar refractivity (Wildman–Crippen MR) is 78.0 cm³/mol. The van der Waals surface area contributed by atoms with E-state index < -0.39 is 0 Å². The third kappa shape index (κ3) is 2.98. The maximum atomic E-state index is 4.41. The van der Waals surface area contributed by atoms with Gasteiger partial charge in [0.25, 0.3) is 0 Å². The Morgan fingerprint density at radius 1 is 1.26 bits per heavy atom. The van der Waals surface area contributed by atoms with E-state index in [1.165, 1.54) is 31.2 Å². The topological polar surface area (TPSA) is 28.2 Å². The highest BCUT2D eigenvalue weighted by atomic mass is 15.2. The van der Waals surface area contributed by atoms with E-state index in [9.17, 15) is 0 Å². The molecule has 2 unspecified atom stereocenters. The van der Waals surface area contributed by atoms with Gasteiger partial charge in [-0.1, -0.05) is 13.0 Å². The quantitative estimate of drug-likeness (QED) is 0.900. The lowest BCUT2D eigenvalue weighted by Crippen LogP contribution is -2.47. The highest BCUT2D eigenvalue weighted by Gasteiger charge is 2.35. The second kappa shape index (κ2) is 5.59. The summed E-state index contributed by atoms with van der Waals surface area (Å²) in [5, 5.41) is 3.73. The molecule has 0 aromatic carbocycles. The molecular weight excluding hydrogens is 234 g/mol. The minimum atomic E-state index is 0.755. The van der Waals surface area contributed by atoms with Gasteiger partial charge in [0.1, 0.15) is 0 Å². The summed E-state index contributed by atoms with van der Waals surface area (Å²) in [4.78, 5) is 7.05. The van der Waals surface area contributed by atoms with E-state index in [0.29, 0.717) is 0 Å². The molecule has 2 bridgehead atoms. The van der Waals surface area contributed by atoms with Crippen molar-refractivity contribution in [3.05, 3.63) is 29.6 Å². The number of hydrogen-bond acceptors (Lipinski definition) is 3. The van der Waals surface area contributed by atoms with Gasteiger partial charge in [-0.25, -0.2) is 0 Å². The molecular formula is C16H25N3. The first kappa shape index (κ1) is 13.1. The third-order valence-corrected chi connectivity index (χ3v) is 4.73. The van der Waals surface area contributed by atoms with E-state index in [2.05, 4.69) is 34.3 Å². The highest BCUT2D eigenvalue weighted by molar-refractivity contribution is 5.13. The van der Waals surface area contributed by atoms with E-state index in [-0.39, 0.29) is 0 Å². The summed E-state index contributed by atoms with van der Waals surface area (Å²) in [6.07, 6.45) is 7.44. The number of rotatable bonds is 4. The predicted octanol–water partition coefficient (Wildman–Crippen LogP) is 2.49. The van der Waals surface area contributed by atoms with Crippen molar-refractivity contribution in [3.63, 3.8) is 0 Å². The maximum absolute atomic E-state index is 4.41. The van der Waals surface area contributed by atoms with Gasteiger partial charge >= 0.3 is 0 Å². The van der Waals surface area contributed by atoms with Crippen molar-refractivity contribution in [3.8, 4) is 0 Å². The van der Waals surface area contributed by atoms with Crippen LogP contribution in [0.1, 0.15) is 43.9 Å². The lowest BCUT2D eigenvalue weighted by Gasteiger charge is -2.37. The molecule has 1 N–H and O–H groups in total. The number of hydrogen-bond donors (Lipinski definition) is 1. The molecule has 2 fully saturated rings. The van der Waals surface area contributed by atoms with Crippen LogP contribution in [0.4, 0.5) is 0 Å². The van der Waals surface area contributed by atoms with Gasteiger partial charge in [0.15, 0.2) is 0 Å². The first-order chi connectivity index (χ1) is 9.24. The second-order valence-electron chi connectivity index (χ2n) is 6.13. The van der Waals surface area contributed by atoms with Crippen molar-refractivity contribution in [1.29, 1.82) is 0 Å². The number of piperidine rings is 1. The zero-order valence-corrected chi connectivity index (χ0v) is 12.1. The van der Waals surface area contributed by atoms with Gasteiger partial charge in [-0.15, -0.1) is 0 Å². The number of nitrogens with one attached hydrogen (secondary N) is 1. The largest absolute Gasteiger partial charge is 0.311 e. The Morgan fingerprint density at radius 2 is 2.00 bits per heavy atom. The minimum absolute atomic E-state index is 0.755. The number of aryl methyl sites for hydroxylation is 1. The van der Waals surface area contributed by atoms with Gasteiger partial charge in [0.05, 0.1) is 0 Å². The monoisotopic (exact) mass is 259 g/mol. The molecule has 1 aromatic heterocycles. The standard InChI is InChI=1S/C16H25N3/c1-3-19(11-13-5-4-12(2)17-10-13)16-8-14-6-7-15(9-16)18-14/h4-5,10,14-16,18H,3,6-9,11H2,1-2H3. The Morgan fingerprint density at radius 3 is 2.58 bits per heavy atom. The van der Waals surface area contributed by atoms with E-state index >= 15 is 0 Å². The fourth-order valence-electron chi connectivity index (χ4n) is 3.65. The van der Waals surface area contributed by atoms with Gasteiger partial charge < -0.3 is 5.32 Å². The second-order valence-corrected chi connectivity index (χ2v) is 6.13. The first-order valence-electron chi connectivity index (χ1n) is 7.66. The SMILES string of the molecule is CCN(Cc1ccc(C)nc1)C1CC2CCC(C1)N2. The molecule has 3 nitrogen and oxygen atoms in total. The van der Waals surface area contributed by atoms with Crippen LogP contribution in [-0.4, -0.2) is 34.6 Å². The molecule has 104 valence electrons. The van der Waals surface area contributed by atoms with Crippen LogP contribution in [-0.2, 0) is 6.54 Å². The molecule has 2 aliphatic heterocycles. The molecule has 19 heavy (non-hydrogen) atoms. The van der Waals surface area contributed by atoms with Crippen LogP contribution in [0.3, 0.4) is 0 Å². The molecule has 1 aromatic rings. The first-order valence-corrected chi connectivity index (χ1v) is 7.66. The molecule has 2 aliphatic rings. The summed E-state index contributed by atoms with van der Waals surface area (Å²) in [6, 6.07) is 6.64. The van der Waals surface area contributed by atoms with Crippen LogP contribution in [0.25, 0.3) is 0 Å². The summed E-state index contributed by atoms with van der Waals surface area (Å²) in [7, 11) is 0. The molecule has 0 radical (unpaired) electrons. The summed E-state index contributed by atoms with van der Waals surface area (Å²) < 4.78 is 0. The Kier molecular flexibility index (Phi) is 3.85. The zero-order chi connectivity index (χ0) is 13.2. The smallest absolute Gasteiger partial charge is 0.0372 e. The minimum Gasteiger partial charge on any atom is -0.311 e. The average Bonchev–Trinajstić information content (AvgIpc) is 2.77. The van der Waals surface area contributed by atoms with Gasteiger partial charge in [-0.05, 0) is 50.8 Å². The van der Waals surface area contributed by atoms with E-state index in [0.717, 1.165) is 36.9 Å². The summed E-state index contributed by atoms with van der Waals surface area (Å²) >= 11 is 0. The Balaban J connectivity index is 1.65. The van der Waals surface area contributed by atoms with Gasteiger partial charge in [-0.2, -0.15) is 0 Å². The van der Waals surface area contributed by atoms with Gasteiger partial charge in [0.2, 0.25) is 0 Å². The molecule has 3 rings (SSSR count). The fraction of sp³-hybridized carbons (Fsp3) is 0.688. The lowest BCUT2D eigenvalue weighted by molar-refractivity contribution is 0.140. The van der Waals surface area contributed by atoms with Gasteiger partial charge in [0, 0.05) is 36.6 Å². The Labute approximate surface area is 116 Å². The molecule has 2 saturated heterocycles. The summed E-state index contributed by atoms with van der Waals surface area (Å²) in [5.74, 6) is 0. The average molecular weight is 259 g/mol. The van der Waals surface area contributed by atoms with Crippen molar-refractivity contribution in [2.45, 2.75) is 64.2 Å². The fourth-order valence-corrected chi connectivity index (χ4v) is 3.65. The van der Waals surface area contributed by atoms with Crippen molar-refractivity contribution in [1.82, 2.24) is 15.2 Å². The number of aromatic nitrogens is 1. The molecule has 0 spiro atoms. The number of pyridine rings is 1. The van der Waals surface area contributed by atoms with Crippen LogP contribution >= 0.6 is 0 Å². The molecule has 2 atom stereocenters. The molecule has 0 amide bonds. The maximum Gasteiger partial charge on any atom is 0.0372 e. The molecule has 0 saturated carbocycles. The van der Waals surface area contributed by atoms with Crippen LogP contribution in [0.5, 0.6) is 0 Å². The van der Waals surface area contributed by atoms with Crippen molar-refractivity contribution in [2.24, 2.45) is 0 Å². The Hall–Kier alpha value is -0.930. The van der Waals surface area contributed by atoms with Crippen molar-refractivity contribution >= 4 is 0 Å². The van der Waals surface area contributed by atoms with Crippen LogP contribution in [0.2, 0.25) is 0 Å². The summed E-state index contributed by atoms with van der Waals surface area (Å²) in [6.45, 7) is 6.52. The van der Waals surface area contributed by atoms with Gasteiger partial charge in [-0.3, -0.25) is 9.88 Å². The number of nitrogens with zero attached hydrogens (tertiary/aromatic N) is 2. The van der Waals surface area contributed by atoms with Crippen LogP contribution < -0.4 is 5.32 Å². The third-order valence-electron chi connectivity index (χ3n) is 4.73. The molecule has 3 heterocycles. The van der Waals surface area contributed by atoms with Crippen molar-refractivity contribution in [2.75, 3.05) is 6.54 Å². The lowest BCUT2D eigenvalue weighted by atomic mass is 9.97. The normalized spacial score (nSPS) is 29.9. The van der Waals surface area contributed by atoms with Crippen molar-refractivity contribution < 1.29 is 0 Å². The van der Waals surface area contributed by atoms with E-state index in [1.807, 2.05) is 13.1 Å². The van der Waals surface area contributed by atoms with E-state index in [4.69, 9.17) is 0 Å². The summed E-state index contributed by atoms with van der Waals surface area (Å²) in [5.41, 5.74) is 2.45. The number of fused-ring (bicyclic) bond motifs is 2. The highest BCUT2D eigenvalue weighted by Crippen LogP contribution is 2.30. The van der Waals surface area contributed by atoms with E-state index in [1.54, 1.807) is 0 Å².